The van der Waals surface area contributed by atoms with Crippen molar-refractivity contribution in [3.63, 3.8) is 0 Å². The number of rotatable bonds is 6. The van der Waals surface area contributed by atoms with E-state index in [1.165, 1.54) is 0 Å². The second kappa shape index (κ2) is 5.68. The quantitative estimate of drug-likeness (QED) is 0.827. The molecule has 0 bridgehead atoms. The SMILES string of the molecule is CCCOC(C)(C(=O)O)c1cccc(OC)c1. The zero-order valence-corrected chi connectivity index (χ0v) is 10.4. The third kappa shape index (κ3) is 2.97. The van der Waals surface area contributed by atoms with E-state index < -0.39 is 11.6 Å². The van der Waals surface area contributed by atoms with E-state index >= 15 is 0 Å². The highest BCUT2D eigenvalue weighted by Crippen LogP contribution is 2.28. The molecule has 0 saturated carbocycles. The second-order valence-electron chi connectivity index (χ2n) is 3.92. The molecule has 1 aromatic carbocycles. The Morgan fingerprint density at radius 1 is 1.47 bits per heavy atom. The van der Waals surface area contributed by atoms with Crippen molar-refractivity contribution >= 4 is 5.97 Å². The molecule has 1 aromatic rings. The van der Waals surface area contributed by atoms with Gasteiger partial charge in [-0.25, -0.2) is 4.79 Å². The van der Waals surface area contributed by atoms with Crippen LogP contribution in [-0.2, 0) is 15.1 Å². The van der Waals surface area contributed by atoms with Gasteiger partial charge in [-0.2, -0.15) is 0 Å². The highest BCUT2D eigenvalue weighted by molar-refractivity contribution is 5.79. The number of benzene rings is 1. The molecule has 0 aliphatic carbocycles. The molecule has 4 heteroatoms. The maximum Gasteiger partial charge on any atom is 0.340 e. The molecule has 1 rings (SSSR count). The highest BCUT2D eigenvalue weighted by atomic mass is 16.5. The van der Waals surface area contributed by atoms with Crippen molar-refractivity contribution in [3.05, 3.63) is 29.8 Å². The summed E-state index contributed by atoms with van der Waals surface area (Å²) in [6.45, 7) is 3.90. The van der Waals surface area contributed by atoms with E-state index in [-0.39, 0.29) is 0 Å². The van der Waals surface area contributed by atoms with Crippen LogP contribution in [0.25, 0.3) is 0 Å². The van der Waals surface area contributed by atoms with Gasteiger partial charge in [0.05, 0.1) is 7.11 Å². The fraction of sp³-hybridized carbons (Fsp3) is 0.462. The zero-order valence-electron chi connectivity index (χ0n) is 10.4. The normalized spacial score (nSPS) is 14.1. The molecule has 1 unspecified atom stereocenters. The lowest BCUT2D eigenvalue weighted by Crippen LogP contribution is -2.35. The van der Waals surface area contributed by atoms with Gasteiger partial charge in [-0.1, -0.05) is 19.1 Å². The number of carboxylic acid groups (broad SMARTS) is 1. The first-order valence-corrected chi connectivity index (χ1v) is 5.56. The van der Waals surface area contributed by atoms with Gasteiger partial charge in [0.15, 0.2) is 5.60 Å². The van der Waals surface area contributed by atoms with Crippen LogP contribution >= 0.6 is 0 Å². The maximum atomic E-state index is 11.4. The van der Waals surface area contributed by atoms with Gasteiger partial charge in [-0.3, -0.25) is 0 Å². The fourth-order valence-corrected chi connectivity index (χ4v) is 1.49. The van der Waals surface area contributed by atoms with Crippen molar-refractivity contribution in [3.8, 4) is 5.75 Å². The first kappa shape index (κ1) is 13.5. The standard InChI is InChI=1S/C13H18O4/c1-4-8-17-13(2,12(14)15)10-6-5-7-11(9-10)16-3/h5-7,9H,4,8H2,1-3H3,(H,14,15). The molecule has 1 N–H and O–H groups in total. The molecule has 0 aromatic heterocycles. The topological polar surface area (TPSA) is 55.8 Å². The summed E-state index contributed by atoms with van der Waals surface area (Å²) >= 11 is 0. The van der Waals surface area contributed by atoms with Gasteiger partial charge in [0, 0.05) is 6.61 Å². The van der Waals surface area contributed by atoms with E-state index in [9.17, 15) is 9.90 Å². The van der Waals surface area contributed by atoms with E-state index in [1.807, 2.05) is 6.92 Å². The molecule has 0 radical (unpaired) electrons. The predicted octanol–water partition coefficient (Wildman–Crippen LogP) is 2.42. The van der Waals surface area contributed by atoms with Crippen LogP contribution in [-0.4, -0.2) is 24.8 Å². The Hall–Kier alpha value is -1.55. The molecule has 0 fully saturated rings. The number of methoxy groups -OCH3 is 1. The van der Waals surface area contributed by atoms with Crippen molar-refractivity contribution < 1.29 is 19.4 Å². The van der Waals surface area contributed by atoms with Gasteiger partial charge in [-0.15, -0.1) is 0 Å². The molecule has 94 valence electrons. The highest BCUT2D eigenvalue weighted by Gasteiger charge is 2.36. The predicted molar refractivity (Wildman–Crippen MR) is 64.2 cm³/mol. The van der Waals surface area contributed by atoms with Crippen molar-refractivity contribution in [2.75, 3.05) is 13.7 Å². The number of ether oxygens (including phenoxy) is 2. The molecular formula is C13H18O4. The van der Waals surface area contributed by atoms with Gasteiger partial charge in [0.25, 0.3) is 0 Å². The minimum atomic E-state index is -1.33. The molecule has 1 atom stereocenters. The molecule has 4 nitrogen and oxygen atoms in total. The van der Waals surface area contributed by atoms with Gasteiger partial charge in [0.2, 0.25) is 0 Å². The summed E-state index contributed by atoms with van der Waals surface area (Å²) in [5.74, 6) is -0.380. The molecule has 0 amide bonds. The minimum absolute atomic E-state index is 0.403. The van der Waals surface area contributed by atoms with E-state index in [4.69, 9.17) is 9.47 Å². The van der Waals surface area contributed by atoms with Crippen LogP contribution in [0.2, 0.25) is 0 Å². The number of aliphatic carboxylic acids is 1. The average molecular weight is 238 g/mol. The van der Waals surface area contributed by atoms with Crippen LogP contribution in [0.15, 0.2) is 24.3 Å². The first-order valence-electron chi connectivity index (χ1n) is 5.56. The molecular weight excluding hydrogens is 220 g/mol. The summed E-state index contributed by atoms with van der Waals surface area (Å²) in [5.41, 5.74) is -0.748. The Labute approximate surface area is 101 Å². The molecule has 17 heavy (non-hydrogen) atoms. The van der Waals surface area contributed by atoms with E-state index in [0.717, 1.165) is 6.42 Å². The first-order chi connectivity index (χ1) is 8.04. The third-order valence-corrected chi connectivity index (χ3v) is 2.62. The monoisotopic (exact) mass is 238 g/mol. The summed E-state index contributed by atoms with van der Waals surface area (Å²) in [4.78, 5) is 11.4. The lowest BCUT2D eigenvalue weighted by Gasteiger charge is -2.26. The van der Waals surface area contributed by atoms with Crippen LogP contribution in [0, 0.1) is 0 Å². The van der Waals surface area contributed by atoms with Gasteiger partial charge in [-0.05, 0) is 31.0 Å². The van der Waals surface area contributed by atoms with Crippen LogP contribution in [0.1, 0.15) is 25.8 Å². The maximum absolute atomic E-state index is 11.4. The third-order valence-electron chi connectivity index (χ3n) is 2.62. The average Bonchev–Trinajstić information content (AvgIpc) is 2.35. The van der Waals surface area contributed by atoms with Gasteiger partial charge >= 0.3 is 5.97 Å². The smallest absolute Gasteiger partial charge is 0.340 e. The van der Waals surface area contributed by atoms with Gasteiger partial charge < -0.3 is 14.6 Å². The lowest BCUT2D eigenvalue weighted by atomic mass is 9.95. The van der Waals surface area contributed by atoms with Crippen molar-refractivity contribution in [1.29, 1.82) is 0 Å². The Bertz CT molecular complexity index is 389. The Morgan fingerprint density at radius 2 is 2.18 bits per heavy atom. The zero-order chi connectivity index (χ0) is 12.9. The minimum Gasteiger partial charge on any atom is -0.497 e. The van der Waals surface area contributed by atoms with Crippen LogP contribution < -0.4 is 4.74 Å². The molecule has 0 saturated heterocycles. The summed E-state index contributed by atoms with van der Waals surface area (Å²) in [7, 11) is 1.55. The molecule has 0 spiro atoms. The van der Waals surface area contributed by atoms with Crippen molar-refractivity contribution in [2.24, 2.45) is 0 Å². The Balaban J connectivity index is 3.08. The number of hydrogen-bond donors (Lipinski definition) is 1. The van der Waals surface area contributed by atoms with Crippen molar-refractivity contribution in [2.45, 2.75) is 25.9 Å². The summed E-state index contributed by atoms with van der Waals surface area (Å²) in [6, 6.07) is 6.94. The molecule has 0 aliphatic heterocycles. The number of hydrogen-bond acceptors (Lipinski definition) is 3. The van der Waals surface area contributed by atoms with Crippen LogP contribution in [0.4, 0.5) is 0 Å². The summed E-state index contributed by atoms with van der Waals surface area (Å²) in [5, 5.41) is 9.31. The lowest BCUT2D eigenvalue weighted by molar-refractivity contribution is -0.165. The van der Waals surface area contributed by atoms with E-state index in [2.05, 4.69) is 0 Å². The largest absolute Gasteiger partial charge is 0.497 e. The molecule has 0 heterocycles. The van der Waals surface area contributed by atoms with Gasteiger partial charge in [0.1, 0.15) is 5.75 Å². The molecule has 0 aliphatic rings. The van der Waals surface area contributed by atoms with E-state index in [1.54, 1.807) is 38.3 Å². The Kier molecular flexibility index (Phi) is 4.52. The fourth-order valence-electron chi connectivity index (χ4n) is 1.49. The second-order valence-corrected chi connectivity index (χ2v) is 3.92. The number of carboxylic acids is 1. The van der Waals surface area contributed by atoms with Crippen molar-refractivity contribution in [1.82, 2.24) is 0 Å². The summed E-state index contributed by atoms with van der Waals surface area (Å²) < 4.78 is 10.6. The Morgan fingerprint density at radius 3 is 2.71 bits per heavy atom. The van der Waals surface area contributed by atoms with E-state index in [0.29, 0.717) is 17.9 Å². The van der Waals surface area contributed by atoms with Crippen LogP contribution in [0.3, 0.4) is 0 Å². The summed E-state index contributed by atoms with van der Waals surface area (Å²) in [6.07, 6.45) is 0.771. The number of carbonyl (C=O) groups is 1. The van der Waals surface area contributed by atoms with Crippen LogP contribution in [0.5, 0.6) is 5.75 Å².